The molecule has 1 aliphatic carbocycles. The number of thioether (sulfide) groups is 1. The van der Waals surface area contributed by atoms with Crippen molar-refractivity contribution < 1.29 is 4.79 Å². The van der Waals surface area contributed by atoms with E-state index in [1.54, 1.807) is 11.8 Å². The highest BCUT2D eigenvalue weighted by Gasteiger charge is 2.13. The summed E-state index contributed by atoms with van der Waals surface area (Å²) in [4.78, 5) is 13.4. The molecule has 0 amide bonds. The summed E-state index contributed by atoms with van der Waals surface area (Å²) < 4.78 is 0.875. The van der Waals surface area contributed by atoms with Gasteiger partial charge in [0.15, 0.2) is 5.78 Å². The van der Waals surface area contributed by atoms with E-state index in [1.807, 2.05) is 24.3 Å². The van der Waals surface area contributed by atoms with Crippen LogP contribution in [0, 0.1) is 0 Å². The molecule has 2 aromatic rings. The summed E-state index contributed by atoms with van der Waals surface area (Å²) in [5.74, 6) is 0.657. The molecule has 0 unspecified atom stereocenters. The van der Waals surface area contributed by atoms with Gasteiger partial charge in [-0.25, -0.2) is 0 Å². The Bertz CT molecular complexity index is 651. The van der Waals surface area contributed by atoms with Crippen molar-refractivity contribution in [3.05, 3.63) is 63.6 Å². The summed E-state index contributed by atoms with van der Waals surface area (Å²) in [6.45, 7) is 0. The lowest BCUT2D eigenvalue weighted by Crippen LogP contribution is -2.03. The van der Waals surface area contributed by atoms with Crippen LogP contribution in [0.25, 0.3) is 0 Å². The van der Waals surface area contributed by atoms with Crippen LogP contribution in [0.4, 0.5) is 0 Å². The van der Waals surface area contributed by atoms with E-state index in [0.29, 0.717) is 5.75 Å². The largest absolute Gasteiger partial charge is 0.293 e. The number of hydrogen-bond donors (Lipinski definition) is 0. The lowest BCUT2D eigenvalue weighted by atomic mass is 10.1. The first kappa shape index (κ1) is 13.9. The highest BCUT2D eigenvalue weighted by atomic mass is 79.9. The quantitative estimate of drug-likeness (QED) is 0.577. The number of carbonyl (C=O) groups excluding carboxylic acids is 1. The smallest absolute Gasteiger partial charge is 0.174 e. The van der Waals surface area contributed by atoms with Crippen LogP contribution in [-0.2, 0) is 12.8 Å². The van der Waals surface area contributed by atoms with Crippen molar-refractivity contribution in [2.45, 2.75) is 24.2 Å². The molecule has 0 fully saturated rings. The first-order valence-electron chi connectivity index (χ1n) is 6.76. The monoisotopic (exact) mass is 346 g/mol. The molecule has 1 aliphatic rings. The maximum atomic E-state index is 12.2. The maximum absolute atomic E-state index is 12.2. The minimum atomic E-state index is 0.169. The first-order valence-corrected chi connectivity index (χ1v) is 8.54. The van der Waals surface area contributed by atoms with E-state index in [1.165, 1.54) is 35.3 Å². The van der Waals surface area contributed by atoms with Crippen molar-refractivity contribution in [1.82, 2.24) is 0 Å². The summed E-state index contributed by atoms with van der Waals surface area (Å²) >= 11 is 5.06. The molecule has 0 radical (unpaired) electrons. The molecule has 3 heteroatoms. The van der Waals surface area contributed by atoms with E-state index in [2.05, 4.69) is 34.1 Å². The highest BCUT2D eigenvalue weighted by Crippen LogP contribution is 2.28. The van der Waals surface area contributed by atoms with Crippen molar-refractivity contribution in [1.29, 1.82) is 0 Å². The van der Waals surface area contributed by atoms with Gasteiger partial charge in [-0.05, 0) is 48.6 Å². The number of ketones is 1. The van der Waals surface area contributed by atoms with Gasteiger partial charge < -0.3 is 0 Å². The summed E-state index contributed by atoms with van der Waals surface area (Å²) in [6, 6.07) is 14.2. The number of aryl methyl sites for hydroxylation is 2. The normalized spacial score (nSPS) is 13.2. The number of Topliss-reactive ketones (excluding diaryl/α,β-unsaturated/α-hetero) is 1. The van der Waals surface area contributed by atoms with Crippen molar-refractivity contribution in [2.24, 2.45) is 0 Å². The molecule has 1 nitrogen and oxygen atoms in total. The SMILES string of the molecule is O=C(CSc1ccc2c(c1)CCC2)c1ccccc1Br. The Morgan fingerprint density at radius 3 is 2.75 bits per heavy atom. The molecule has 0 aromatic heterocycles. The number of fused-ring (bicyclic) bond motifs is 1. The zero-order chi connectivity index (χ0) is 13.9. The molecule has 0 N–H and O–H groups in total. The first-order chi connectivity index (χ1) is 9.74. The molecule has 0 heterocycles. The molecule has 0 saturated heterocycles. The van der Waals surface area contributed by atoms with Crippen molar-refractivity contribution in [3.8, 4) is 0 Å². The van der Waals surface area contributed by atoms with Crippen molar-refractivity contribution >= 4 is 33.5 Å². The van der Waals surface area contributed by atoms with Gasteiger partial charge in [0.05, 0.1) is 5.75 Å². The topological polar surface area (TPSA) is 17.1 Å². The molecule has 102 valence electrons. The van der Waals surface area contributed by atoms with Crippen LogP contribution in [-0.4, -0.2) is 11.5 Å². The Balaban J connectivity index is 1.68. The summed E-state index contributed by atoms with van der Waals surface area (Å²) in [7, 11) is 0. The molecule has 0 aliphatic heterocycles. The van der Waals surface area contributed by atoms with E-state index in [0.717, 1.165) is 10.0 Å². The molecule has 0 atom stereocenters. The lowest BCUT2D eigenvalue weighted by Gasteiger charge is -2.06. The van der Waals surface area contributed by atoms with Gasteiger partial charge >= 0.3 is 0 Å². The Kier molecular flexibility index (Phi) is 4.27. The molecular formula is C17H15BrOS. The second-order valence-electron chi connectivity index (χ2n) is 4.98. The Morgan fingerprint density at radius 1 is 1.10 bits per heavy atom. The van der Waals surface area contributed by atoms with Crippen LogP contribution < -0.4 is 0 Å². The fraction of sp³-hybridized carbons (Fsp3) is 0.235. The molecular weight excluding hydrogens is 332 g/mol. The van der Waals surface area contributed by atoms with Gasteiger partial charge in [-0.2, -0.15) is 0 Å². The molecule has 0 saturated carbocycles. The van der Waals surface area contributed by atoms with E-state index >= 15 is 0 Å². The van der Waals surface area contributed by atoms with Crippen LogP contribution in [0.3, 0.4) is 0 Å². The summed E-state index contributed by atoms with van der Waals surface area (Å²) in [5.41, 5.74) is 3.70. The van der Waals surface area contributed by atoms with Gasteiger partial charge in [-0.1, -0.05) is 40.2 Å². The summed E-state index contributed by atoms with van der Waals surface area (Å²) in [6.07, 6.45) is 3.65. The van der Waals surface area contributed by atoms with Crippen LogP contribution in [0.5, 0.6) is 0 Å². The van der Waals surface area contributed by atoms with E-state index in [4.69, 9.17) is 0 Å². The molecule has 20 heavy (non-hydrogen) atoms. The third kappa shape index (κ3) is 2.99. The van der Waals surface area contributed by atoms with Gasteiger partial charge in [0, 0.05) is 14.9 Å². The van der Waals surface area contributed by atoms with E-state index in [9.17, 15) is 4.79 Å². The minimum Gasteiger partial charge on any atom is -0.293 e. The lowest BCUT2D eigenvalue weighted by molar-refractivity contribution is 0.102. The molecule has 2 aromatic carbocycles. The predicted octanol–water partition coefficient (Wildman–Crippen LogP) is 4.91. The molecule has 3 rings (SSSR count). The Morgan fingerprint density at radius 2 is 1.90 bits per heavy atom. The number of hydrogen-bond acceptors (Lipinski definition) is 2. The van der Waals surface area contributed by atoms with Crippen LogP contribution in [0.2, 0.25) is 0 Å². The molecule has 0 bridgehead atoms. The average Bonchev–Trinajstić information content (AvgIpc) is 2.92. The number of rotatable bonds is 4. The van der Waals surface area contributed by atoms with Crippen LogP contribution >= 0.6 is 27.7 Å². The predicted molar refractivity (Wildman–Crippen MR) is 87.7 cm³/mol. The highest BCUT2D eigenvalue weighted by molar-refractivity contribution is 9.10. The van der Waals surface area contributed by atoms with Crippen LogP contribution in [0.1, 0.15) is 27.9 Å². The van der Waals surface area contributed by atoms with Crippen molar-refractivity contribution in [2.75, 3.05) is 5.75 Å². The van der Waals surface area contributed by atoms with Gasteiger partial charge in [-0.15, -0.1) is 11.8 Å². The second-order valence-corrected chi connectivity index (χ2v) is 6.88. The fourth-order valence-corrected chi connectivity index (χ4v) is 3.90. The third-order valence-corrected chi connectivity index (χ3v) is 5.30. The maximum Gasteiger partial charge on any atom is 0.174 e. The fourth-order valence-electron chi connectivity index (χ4n) is 2.55. The number of benzene rings is 2. The van der Waals surface area contributed by atoms with Gasteiger partial charge in [-0.3, -0.25) is 4.79 Å². The standard InChI is InChI=1S/C17H15BrOS/c18-16-7-2-1-6-15(16)17(19)11-20-14-9-8-12-4-3-5-13(12)10-14/h1-2,6-10H,3-5,11H2. The average molecular weight is 347 g/mol. The third-order valence-electron chi connectivity index (χ3n) is 3.61. The van der Waals surface area contributed by atoms with Crippen molar-refractivity contribution in [3.63, 3.8) is 0 Å². The second kappa shape index (κ2) is 6.15. The Labute approximate surface area is 131 Å². The number of carbonyl (C=O) groups is 1. The summed E-state index contributed by atoms with van der Waals surface area (Å²) in [5, 5.41) is 0. The minimum absolute atomic E-state index is 0.169. The van der Waals surface area contributed by atoms with Crippen LogP contribution in [0.15, 0.2) is 51.8 Å². The zero-order valence-corrected chi connectivity index (χ0v) is 13.5. The Hall–Kier alpha value is -1.06. The number of halogens is 1. The zero-order valence-electron chi connectivity index (χ0n) is 11.1. The van der Waals surface area contributed by atoms with Gasteiger partial charge in [0.25, 0.3) is 0 Å². The van der Waals surface area contributed by atoms with Gasteiger partial charge in [0.1, 0.15) is 0 Å². The van der Waals surface area contributed by atoms with E-state index < -0.39 is 0 Å². The molecule has 0 spiro atoms. The van der Waals surface area contributed by atoms with Gasteiger partial charge in [0.2, 0.25) is 0 Å². The van der Waals surface area contributed by atoms with E-state index in [-0.39, 0.29) is 5.78 Å².